The van der Waals surface area contributed by atoms with E-state index in [1.54, 1.807) is 41.5 Å². The highest BCUT2D eigenvalue weighted by molar-refractivity contribution is 5.73. The van der Waals surface area contributed by atoms with Crippen LogP contribution in [-0.2, 0) is 33.2 Å². The van der Waals surface area contributed by atoms with Crippen LogP contribution < -0.4 is 5.32 Å². The van der Waals surface area contributed by atoms with Gasteiger partial charge in [-0.2, -0.15) is 0 Å². The van der Waals surface area contributed by atoms with Crippen LogP contribution in [0.2, 0.25) is 0 Å². The first kappa shape index (κ1) is 44.4. The molecule has 14 heteroatoms. The Bertz CT molecular complexity index is 1110. The zero-order valence-corrected chi connectivity index (χ0v) is 33.2. The van der Waals surface area contributed by atoms with Crippen molar-refractivity contribution in [3.05, 3.63) is 0 Å². The van der Waals surface area contributed by atoms with E-state index in [-0.39, 0.29) is 37.3 Å². The van der Waals surface area contributed by atoms with Gasteiger partial charge >= 0.3 is 5.97 Å². The van der Waals surface area contributed by atoms with E-state index in [0.29, 0.717) is 13.0 Å². The lowest BCUT2D eigenvalue weighted by Crippen LogP contribution is -2.60. The van der Waals surface area contributed by atoms with Crippen LogP contribution in [0, 0.1) is 17.8 Å². The molecule has 3 aliphatic heterocycles. The molecule has 0 aliphatic carbocycles. The van der Waals surface area contributed by atoms with Crippen molar-refractivity contribution < 1.29 is 58.7 Å². The molecule has 0 aromatic rings. The summed E-state index contributed by atoms with van der Waals surface area (Å²) in [4.78, 5) is 16.1. The molecule has 3 heterocycles. The molecule has 3 rings (SSSR count). The van der Waals surface area contributed by atoms with Gasteiger partial charge in [0, 0.05) is 31.5 Å². The zero-order valence-electron chi connectivity index (χ0n) is 33.2. The van der Waals surface area contributed by atoms with E-state index in [1.807, 2.05) is 39.8 Å². The van der Waals surface area contributed by atoms with Gasteiger partial charge in [-0.15, -0.1) is 0 Å². The highest BCUT2D eigenvalue weighted by Gasteiger charge is 2.52. The number of nitrogens with zero attached hydrogens (tertiary/aromatic N) is 1. The number of rotatable bonds is 7. The predicted octanol–water partition coefficient (Wildman–Crippen LogP) is 1.56. The number of methoxy groups -OCH3 is 1. The molecule has 0 aromatic carbocycles. The molecule has 0 aromatic heterocycles. The number of aliphatic hydroxyl groups is 5. The Kier molecular flexibility index (Phi) is 15.3. The fourth-order valence-electron chi connectivity index (χ4n) is 8.36. The lowest BCUT2D eigenvalue weighted by atomic mass is 9.77. The molecule has 3 fully saturated rings. The van der Waals surface area contributed by atoms with Crippen molar-refractivity contribution in [1.29, 1.82) is 0 Å². The van der Waals surface area contributed by atoms with Crippen molar-refractivity contribution >= 4 is 5.97 Å². The smallest absolute Gasteiger partial charge is 0.311 e. The molecule has 0 saturated carbocycles. The maximum Gasteiger partial charge on any atom is 0.311 e. The Morgan fingerprint density at radius 3 is 2.14 bits per heavy atom. The highest BCUT2D eigenvalue weighted by atomic mass is 16.7. The fraction of sp³-hybridized carbons (Fsp3) is 0.973. The second-order valence-corrected chi connectivity index (χ2v) is 16.7. The van der Waals surface area contributed by atoms with Crippen molar-refractivity contribution in [2.45, 2.75) is 185 Å². The lowest BCUT2D eigenvalue weighted by molar-refractivity contribution is -0.318. The predicted molar refractivity (Wildman–Crippen MR) is 190 cm³/mol. The van der Waals surface area contributed by atoms with Crippen LogP contribution in [0.4, 0.5) is 0 Å². The maximum absolute atomic E-state index is 14.1. The molecule has 0 radical (unpaired) electrons. The molecular weight excluding hydrogens is 664 g/mol. The Labute approximate surface area is 305 Å². The Hall–Kier alpha value is -1.01. The summed E-state index contributed by atoms with van der Waals surface area (Å²) in [5.74, 6) is -2.60. The molecule has 300 valence electrons. The summed E-state index contributed by atoms with van der Waals surface area (Å²) in [7, 11) is 5.27. The van der Waals surface area contributed by atoms with E-state index < -0.39 is 96.0 Å². The molecule has 0 spiro atoms. The molecule has 14 nitrogen and oxygen atoms in total. The van der Waals surface area contributed by atoms with Crippen LogP contribution in [0.25, 0.3) is 0 Å². The molecular formula is C37H70N2O12. The number of hydrogen-bond acceptors (Lipinski definition) is 14. The SMILES string of the molecule is CC[C@H]1OC(=O)[C@H](C)[C@@H](OC2CC(C)(OC)C(O)C(C)O2)[C@H](C)[C@@H](OC2OC(C)CC(N(C)C)C2O)[C@@](C)(O)C[C@@H](C)CN[C@H](C)[C@@H](O)[C@]1(C)O. The third-order valence-corrected chi connectivity index (χ3v) is 11.7. The number of carbonyl (C=O) groups excluding carboxylic acids is 1. The first-order chi connectivity index (χ1) is 23.5. The third-order valence-electron chi connectivity index (χ3n) is 11.7. The molecule has 6 N–H and O–H groups in total. The number of ether oxygens (including phenoxy) is 6. The minimum atomic E-state index is -1.80. The van der Waals surface area contributed by atoms with E-state index in [4.69, 9.17) is 28.4 Å². The molecule has 3 aliphatic rings. The monoisotopic (exact) mass is 734 g/mol. The van der Waals surface area contributed by atoms with E-state index >= 15 is 0 Å². The second-order valence-electron chi connectivity index (χ2n) is 16.7. The maximum atomic E-state index is 14.1. The normalized spacial score (nSPS) is 49.9. The van der Waals surface area contributed by atoms with Gasteiger partial charge in [-0.1, -0.05) is 20.8 Å². The third kappa shape index (κ3) is 10.2. The first-order valence-electron chi connectivity index (χ1n) is 18.8. The van der Waals surface area contributed by atoms with Crippen LogP contribution in [0.1, 0.15) is 94.9 Å². The van der Waals surface area contributed by atoms with Gasteiger partial charge in [0.15, 0.2) is 12.6 Å². The molecule has 8 unspecified atom stereocenters. The van der Waals surface area contributed by atoms with Crippen molar-refractivity contribution in [2.75, 3.05) is 27.7 Å². The van der Waals surface area contributed by atoms with Gasteiger partial charge < -0.3 is 64.2 Å². The van der Waals surface area contributed by atoms with Gasteiger partial charge in [-0.25, -0.2) is 0 Å². The number of aliphatic hydroxyl groups excluding tert-OH is 3. The minimum Gasteiger partial charge on any atom is -0.459 e. The van der Waals surface area contributed by atoms with Crippen LogP contribution in [0.15, 0.2) is 0 Å². The molecule has 3 saturated heterocycles. The second kappa shape index (κ2) is 17.6. The molecule has 51 heavy (non-hydrogen) atoms. The Morgan fingerprint density at radius 2 is 1.57 bits per heavy atom. The summed E-state index contributed by atoms with van der Waals surface area (Å²) in [6, 6.07) is -0.858. The minimum absolute atomic E-state index is 0.132. The summed E-state index contributed by atoms with van der Waals surface area (Å²) in [6.07, 6.45) is -8.22. The Balaban J connectivity index is 2.15. The summed E-state index contributed by atoms with van der Waals surface area (Å²) in [5.41, 5.74) is -4.37. The summed E-state index contributed by atoms with van der Waals surface area (Å²) < 4.78 is 37.4. The standard InChI is InChI=1S/C37H70N2O12/c1-14-26-37(10,45)30(41)23(6)38-18-19(2)16-35(8,44)32(51-34-28(40)25(39(11)12)15-20(3)47-34)21(4)29(22(5)33(43)49-26)50-27-17-36(9,46-13)31(42)24(7)48-27/h19-32,34,38,40-42,44-45H,14-18H2,1-13H3/t19-,20?,21+,22-,23-,24?,25?,26-,27?,28?,29+,30-,31?,32-,34?,35+,36?,37-/m1/s1. The van der Waals surface area contributed by atoms with Gasteiger partial charge in [0.1, 0.15) is 30.0 Å². The topological polar surface area (TPSA) is 189 Å². The van der Waals surface area contributed by atoms with E-state index in [1.165, 1.54) is 14.0 Å². The quantitative estimate of drug-likeness (QED) is 0.207. The number of carbonyl (C=O) groups is 1. The van der Waals surface area contributed by atoms with E-state index in [0.717, 1.165) is 0 Å². The van der Waals surface area contributed by atoms with Crippen LogP contribution >= 0.6 is 0 Å². The summed E-state index contributed by atoms with van der Waals surface area (Å²) in [6.45, 7) is 17.8. The van der Waals surface area contributed by atoms with E-state index in [2.05, 4.69) is 5.32 Å². The van der Waals surface area contributed by atoms with Gasteiger partial charge in [0.05, 0.1) is 41.5 Å². The van der Waals surface area contributed by atoms with Gasteiger partial charge in [0.25, 0.3) is 0 Å². The lowest BCUT2D eigenvalue weighted by Gasteiger charge is -2.48. The van der Waals surface area contributed by atoms with Crippen molar-refractivity contribution in [1.82, 2.24) is 10.2 Å². The molecule has 0 bridgehead atoms. The number of nitrogens with one attached hydrogen (secondary N) is 1. The average Bonchev–Trinajstić information content (AvgIpc) is 3.05. The summed E-state index contributed by atoms with van der Waals surface area (Å²) in [5, 5.41) is 60.9. The number of hydrogen-bond donors (Lipinski definition) is 6. The number of esters is 1. The van der Waals surface area contributed by atoms with Crippen LogP contribution in [-0.4, -0.2) is 154 Å². The van der Waals surface area contributed by atoms with Crippen LogP contribution in [0.3, 0.4) is 0 Å². The number of cyclic esters (lactones) is 1. The van der Waals surface area contributed by atoms with Crippen LogP contribution in [0.5, 0.6) is 0 Å². The van der Waals surface area contributed by atoms with Gasteiger partial charge in [-0.3, -0.25) is 4.79 Å². The van der Waals surface area contributed by atoms with Crippen molar-refractivity contribution in [3.63, 3.8) is 0 Å². The summed E-state index contributed by atoms with van der Waals surface area (Å²) >= 11 is 0. The molecule has 0 amide bonds. The average molecular weight is 735 g/mol. The highest BCUT2D eigenvalue weighted by Crippen LogP contribution is 2.40. The van der Waals surface area contributed by atoms with Gasteiger partial charge in [-0.05, 0) is 94.3 Å². The van der Waals surface area contributed by atoms with E-state index in [9.17, 15) is 30.3 Å². The van der Waals surface area contributed by atoms with Crippen molar-refractivity contribution in [2.24, 2.45) is 17.8 Å². The molecule has 18 atom stereocenters. The number of likely N-dealkylation sites (N-methyl/N-ethyl adjacent to an activating group) is 1. The van der Waals surface area contributed by atoms with Gasteiger partial charge in [0.2, 0.25) is 0 Å². The largest absolute Gasteiger partial charge is 0.459 e. The van der Waals surface area contributed by atoms with Crippen molar-refractivity contribution in [3.8, 4) is 0 Å². The zero-order chi connectivity index (χ0) is 38.8. The first-order valence-corrected chi connectivity index (χ1v) is 18.8. The Morgan fingerprint density at radius 1 is 0.941 bits per heavy atom. The fourth-order valence-corrected chi connectivity index (χ4v) is 8.36.